The zero-order valence-corrected chi connectivity index (χ0v) is 16.3. The van der Waals surface area contributed by atoms with Crippen molar-refractivity contribution in [2.45, 2.75) is 44.2 Å². The van der Waals surface area contributed by atoms with Crippen molar-refractivity contribution in [3.8, 4) is 0 Å². The number of nitrogens with zero attached hydrogens (tertiary/aromatic N) is 4. The highest BCUT2D eigenvalue weighted by Crippen LogP contribution is 2.64. The highest BCUT2D eigenvalue weighted by molar-refractivity contribution is 5.83. The number of ether oxygens (including phenoxy) is 1. The van der Waals surface area contributed by atoms with Crippen LogP contribution in [0.25, 0.3) is 0 Å². The van der Waals surface area contributed by atoms with E-state index in [2.05, 4.69) is 16.1 Å². The summed E-state index contributed by atoms with van der Waals surface area (Å²) in [5.41, 5.74) is 9.48. The van der Waals surface area contributed by atoms with Crippen molar-refractivity contribution in [1.29, 1.82) is 0 Å². The lowest BCUT2D eigenvalue weighted by atomic mass is 9.58. The summed E-state index contributed by atoms with van der Waals surface area (Å²) in [6.07, 6.45) is 7.76. The van der Waals surface area contributed by atoms with E-state index in [9.17, 15) is 4.79 Å². The van der Waals surface area contributed by atoms with Crippen molar-refractivity contribution in [1.82, 2.24) is 19.7 Å². The molecule has 3 saturated carbocycles. The van der Waals surface area contributed by atoms with E-state index in [-0.39, 0.29) is 17.2 Å². The first-order valence-electron chi connectivity index (χ1n) is 10.2. The summed E-state index contributed by atoms with van der Waals surface area (Å²) in [6.45, 7) is 2.70. The Kier molecular flexibility index (Phi) is 4.16. The summed E-state index contributed by atoms with van der Waals surface area (Å²) in [5.74, 6) is 1.39. The van der Waals surface area contributed by atoms with Crippen LogP contribution < -0.4 is 5.73 Å². The largest absolute Gasteiger partial charge is 0.383 e. The molecule has 2 aromatic rings. The lowest BCUT2D eigenvalue weighted by molar-refractivity contribution is -0.145. The highest BCUT2D eigenvalue weighted by Gasteiger charge is 2.64. The Labute approximate surface area is 164 Å². The molecule has 2 N–H and O–H groups in total. The van der Waals surface area contributed by atoms with Crippen LogP contribution in [0.4, 0.5) is 5.82 Å². The van der Waals surface area contributed by atoms with E-state index in [0.29, 0.717) is 24.9 Å². The van der Waals surface area contributed by atoms with E-state index in [4.69, 9.17) is 10.5 Å². The van der Waals surface area contributed by atoms with Gasteiger partial charge in [-0.05, 0) is 49.3 Å². The minimum atomic E-state index is -0.0627. The Bertz CT molecular complexity index is 906. The molecule has 1 aliphatic heterocycles. The van der Waals surface area contributed by atoms with Gasteiger partial charge in [0, 0.05) is 49.3 Å². The summed E-state index contributed by atoms with van der Waals surface area (Å²) in [4.78, 5) is 19.8. The number of fused-ring (bicyclic) bond motifs is 2. The molecule has 148 valence electrons. The van der Waals surface area contributed by atoms with E-state index in [0.717, 1.165) is 44.3 Å². The number of nitrogen functional groups attached to an aromatic ring is 1. The molecular weight excluding hydrogens is 354 g/mol. The maximum absolute atomic E-state index is 13.6. The Morgan fingerprint density at radius 2 is 2.29 bits per heavy atom. The number of amides is 1. The number of carbonyl (C=O) groups excluding carboxylic acids is 1. The van der Waals surface area contributed by atoms with Crippen LogP contribution >= 0.6 is 0 Å². The second-order valence-corrected chi connectivity index (χ2v) is 8.41. The smallest absolute Gasteiger partial charge is 0.227 e. The summed E-state index contributed by atoms with van der Waals surface area (Å²) in [7, 11) is 1.71. The van der Waals surface area contributed by atoms with Gasteiger partial charge in [0.05, 0.1) is 19.1 Å². The molecule has 0 saturated heterocycles. The standard InChI is InChI=1S/C21H27N5O2/c1-28-11-10-26-17(4-8-24-26)21-6-2-15(12-21)18(21)20(27)25-9-5-14-3-7-23-19(22)16(14)13-25/h3-4,7-8,15,18H,2,5-6,9-13H2,1H3,(H2,22,23). The molecule has 0 aromatic carbocycles. The van der Waals surface area contributed by atoms with Crippen molar-refractivity contribution in [3.05, 3.63) is 41.3 Å². The van der Waals surface area contributed by atoms with E-state index in [1.807, 2.05) is 21.8 Å². The first kappa shape index (κ1) is 17.7. The van der Waals surface area contributed by atoms with Gasteiger partial charge in [-0.1, -0.05) is 0 Å². The minimum absolute atomic E-state index is 0.0601. The van der Waals surface area contributed by atoms with Crippen LogP contribution in [0.5, 0.6) is 0 Å². The predicted molar refractivity (Wildman–Crippen MR) is 104 cm³/mol. The van der Waals surface area contributed by atoms with Crippen LogP contribution in [-0.4, -0.2) is 45.8 Å². The van der Waals surface area contributed by atoms with Gasteiger partial charge in [-0.2, -0.15) is 5.10 Å². The van der Waals surface area contributed by atoms with Crippen LogP contribution in [-0.2, 0) is 34.5 Å². The number of hydrogen-bond acceptors (Lipinski definition) is 5. The molecule has 6 rings (SSSR count). The zero-order chi connectivity index (χ0) is 19.3. The molecule has 1 amide bonds. The molecule has 3 atom stereocenters. The van der Waals surface area contributed by atoms with Gasteiger partial charge in [0.2, 0.25) is 5.91 Å². The van der Waals surface area contributed by atoms with Gasteiger partial charge in [-0.15, -0.1) is 0 Å². The number of aromatic nitrogens is 3. The average Bonchev–Trinajstić information content (AvgIpc) is 3.41. The van der Waals surface area contributed by atoms with Gasteiger partial charge in [0.15, 0.2) is 0 Å². The van der Waals surface area contributed by atoms with Gasteiger partial charge < -0.3 is 15.4 Å². The lowest BCUT2D eigenvalue weighted by Gasteiger charge is -2.48. The first-order valence-corrected chi connectivity index (χ1v) is 10.2. The van der Waals surface area contributed by atoms with E-state index in [1.54, 1.807) is 13.3 Å². The number of methoxy groups -OCH3 is 1. The normalized spacial score (nSPS) is 28.1. The summed E-state index contributed by atoms with van der Waals surface area (Å²) in [5, 5.41) is 4.50. The summed E-state index contributed by atoms with van der Waals surface area (Å²) < 4.78 is 7.28. The second-order valence-electron chi connectivity index (χ2n) is 8.41. The van der Waals surface area contributed by atoms with Gasteiger partial charge in [0.1, 0.15) is 5.82 Å². The number of nitrogens with two attached hydrogens (primary N) is 1. The van der Waals surface area contributed by atoms with Gasteiger partial charge in [-0.3, -0.25) is 9.48 Å². The van der Waals surface area contributed by atoms with Gasteiger partial charge >= 0.3 is 0 Å². The highest BCUT2D eigenvalue weighted by atomic mass is 16.5. The summed E-state index contributed by atoms with van der Waals surface area (Å²) >= 11 is 0. The number of hydrogen-bond donors (Lipinski definition) is 1. The maximum Gasteiger partial charge on any atom is 0.227 e. The number of carbonyl (C=O) groups is 1. The number of pyridine rings is 1. The Balaban J connectivity index is 1.40. The van der Waals surface area contributed by atoms with Crippen molar-refractivity contribution >= 4 is 11.7 Å². The van der Waals surface area contributed by atoms with Crippen LogP contribution in [0.2, 0.25) is 0 Å². The predicted octanol–water partition coefficient (Wildman–Crippen LogP) is 1.76. The molecular formula is C21H27N5O2. The third-order valence-electron chi connectivity index (χ3n) is 7.15. The fourth-order valence-corrected chi connectivity index (χ4v) is 5.79. The number of anilines is 1. The van der Waals surface area contributed by atoms with Crippen molar-refractivity contribution in [2.24, 2.45) is 11.8 Å². The van der Waals surface area contributed by atoms with E-state index >= 15 is 0 Å². The molecule has 2 aromatic heterocycles. The molecule has 4 aliphatic rings. The molecule has 2 bridgehead atoms. The quantitative estimate of drug-likeness (QED) is 0.853. The molecule has 0 radical (unpaired) electrons. The fourth-order valence-electron chi connectivity index (χ4n) is 5.79. The van der Waals surface area contributed by atoms with Crippen LogP contribution in [0.15, 0.2) is 24.5 Å². The topological polar surface area (TPSA) is 86.3 Å². The average molecular weight is 381 g/mol. The lowest BCUT2D eigenvalue weighted by Crippen LogP contribution is -2.55. The third kappa shape index (κ3) is 2.49. The Hall–Kier alpha value is -2.41. The molecule has 3 unspecified atom stereocenters. The third-order valence-corrected chi connectivity index (χ3v) is 7.15. The van der Waals surface area contributed by atoms with Gasteiger partial charge in [-0.25, -0.2) is 4.98 Å². The van der Waals surface area contributed by atoms with Crippen molar-refractivity contribution in [2.75, 3.05) is 26.0 Å². The molecule has 3 heterocycles. The second kappa shape index (κ2) is 6.58. The SMILES string of the molecule is COCCn1nccc1C12CCC(C1)C2C(=O)N1CCc2ccnc(N)c2C1. The zero-order valence-electron chi connectivity index (χ0n) is 16.3. The van der Waals surface area contributed by atoms with Crippen LogP contribution in [0.1, 0.15) is 36.1 Å². The fraction of sp³-hybridized carbons (Fsp3) is 0.571. The Morgan fingerprint density at radius 3 is 3.11 bits per heavy atom. The van der Waals surface area contributed by atoms with E-state index in [1.165, 1.54) is 11.3 Å². The minimum Gasteiger partial charge on any atom is -0.383 e. The van der Waals surface area contributed by atoms with Crippen LogP contribution in [0, 0.1) is 11.8 Å². The maximum atomic E-state index is 13.6. The Morgan fingerprint density at radius 1 is 1.39 bits per heavy atom. The molecule has 3 fully saturated rings. The van der Waals surface area contributed by atoms with Crippen LogP contribution in [0.3, 0.4) is 0 Å². The van der Waals surface area contributed by atoms with Crippen molar-refractivity contribution < 1.29 is 9.53 Å². The molecule has 3 aliphatic carbocycles. The van der Waals surface area contributed by atoms with Gasteiger partial charge in [0.25, 0.3) is 0 Å². The number of rotatable bonds is 5. The molecule has 7 heteroatoms. The summed E-state index contributed by atoms with van der Waals surface area (Å²) in [6, 6.07) is 4.13. The molecule has 0 spiro atoms. The molecule has 7 nitrogen and oxygen atoms in total. The van der Waals surface area contributed by atoms with Crippen molar-refractivity contribution in [3.63, 3.8) is 0 Å². The molecule has 28 heavy (non-hydrogen) atoms. The monoisotopic (exact) mass is 381 g/mol. The first-order chi connectivity index (χ1) is 13.6. The van der Waals surface area contributed by atoms with E-state index < -0.39 is 0 Å².